The summed E-state index contributed by atoms with van der Waals surface area (Å²) < 4.78 is 1.63. The highest BCUT2D eigenvalue weighted by Gasteiger charge is 2.35. The van der Waals surface area contributed by atoms with Crippen molar-refractivity contribution in [1.29, 1.82) is 0 Å². The molecule has 0 unspecified atom stereocenters. The lowest BCUT2D eigenvalue weighted by atomic mass is 10.3. The molecule has 25 heavy (non-hydrogen) atoms. The maximum atomic E-state index is 13.0. The molecule has 0 bridgehead atoms. The molecule has 7 heteroatoms. The molecule has 2 aromatic heterocycles. The van der Waals surface area contributed by atoms with E-state index < -0.39 is 0 Å². The minimum Gasteiger partial charge on any atom is -0.328 e. The van der Waals surface area contributed by atoms with Crippen LogP contribution in [0.2, 0.25) is 5.02 Å². The van der Waals surface area contributed by atoms with Gasteiger partial charge in [0.25, 0.3) is 5.91 Å². The van der Waals surface area contributed by atoms with Crippen molar-refractivity contribution >= 4 is 28.8 Å². The third kappa shape index (κ3) is 3.32. The van der Waals surface area contributed by atoms with E-state index in [9.17, 15) is 4.79 Å². The average molecular weight is 373 g/mol. The van der Waals surface area contributed by atoms with E-state index in [1.54, 1.807) is 22.1 Å². The number of hydrogen-bond acceptors (Lipinski definition) is 4. The molecular weight excluding hydrogens is 356 g/mol. The van der Waals surface area contributed by atoms with Crippen LogP contribution in [-0.2, 0) is 6.54 Å². The van der Waals surface area contributed by atoms with Crippen LogP contribution in [0.3, 0.4) is 0 Å². The first-order valence-corrected chi connectivity index (χ1v) is 9.41. The molecular formula is C18H17ClN4OS. The van der Waals surface area contributed by atoms with Crippen LogP contribution in [-0.4, -0.2) is 31.6 Å². The molecule has 1 aromatic carbocycles. The van der Waals surface area contributed by atoms with Crippen molar-refractivity contribution < 1.29 is 4.79 Å². The van der Waals surface area contributed by atoms with Gasteiger partial charge in [-0.1, -0.05) is 29.8 Å². The second kappa shape index (κ2) is 6.61. The van der Waals surface area contributed by atoms with Gasteiger partial charge in [-0.2, -0.15) is 0 Å². The molecule has 2 heterocycles. The number of para-hydroxylation sites is 1. The molecule has 1 saturated carbocycles. The van der Waals surface area contributed by atoms with E-state index in [2.05, 4.69) is 10.1 Å². The Morgan fingerprint density at radius 2 is 2.12 bits per heavy atom. The topological polar surface area (TPSA) is 51.0 Å². The van der Waals surface area contributed by atoms with E-state index in [1.807, 2.05) is 47.5 Å². The first-order valence-electron chi connectivity index (χ1n) is 8.15. The Balaban J connectivity index is 1.63. The average Bonchev–Trinajstić information content (AvgIpc) is 3.17. The Bertz CT molecular complexity index is 902. The van der Waals surface area contributed by atoms with Crippen molar-refractivity contribution in [3.8, 4) is 5.69 Å². The predicted octanol–water partition coefficient (Wildman–Crippen LogP) is 4.10. The molecule has 3 aromatic rings. The van der Waals surface area contributed by atoms with Crippen LogP contribution in [0, 0.1) is 6.92 Å². The molecule has 0 spiro atoms. The number of aromatic nitrogens is 3. The first-order chi connectivity index (χ1) is 12.1. The number of carbonyl (C=O) groups is 1. The third-order valence-corrected chi connectivity index (χ3v) is 5.38. The van der Waals surface area contributed by atoms with Crippen molar-refractivity contribution in [2.75, 3.05) is 0 Å². The maximum absolute atomic E-state index is 13.0. The van der Waals surface area contributed by atoms with Gasteiger partial charge in [-0.15, -0.1) is 16.4 Å². The normalized spacial score (nSPS) is 13.8. The zero-order chi connectivity index (χ0) is 17.4. The van der Waals surface area contributed by atoms with Crippen molar-refractivity contribution in [3.05, 3.63) is 63.3 Å². The summed E-state index contributed by atoms with van der Waals surface area (Å²) in [7, 11) is 0. The minimum atomic E-state index is -0.121. The van der Waals surface area contributed by atoms with E-state index in [-0.39, 0.29) is 11.7 Å². The molecule has 4 rings (SSSR count). The molecule has 0 atom stereocenters. The Morgan fingerprint density at radius 1 is 1.32 bits per heavy atom. The van der Waals surface area contributed by atoms with Gasteiger partial charge in [-0.05, 0) is 43.3 Å². The van der Waals surface area contributed by atoms with Crippen LogP contribution in [0.1, 0.15) is 34.2 Å². The highest BCUT2D eigenvalue weighted by Crippen LogP contribution is 2.30. The first kappa shape index (κ1) is 16.3. The monoisotopic (exact) mass is 372 g/mol. The van der Waals surface area contributed by atoms with Crippen LogP contribution >= 0.6 is 22.9 Å². The van der Waals surface area contributed by atoms with Gasteiger partial charge in [0, 0.05) is 10.9 Å². The van der Waals surface area contributed by atoms with Gasteiger partial charge >= 0.3 is 0 Å². The van der Waals surface area contributed by atoms with Crippen LogP contribution in [0.15, 0.2) is 41.8 Å². The molecule has 0 N–H and O–H groups in total. The lowest BCUT2D eigenvalue weighted by Crippen LogP contribution is -2.33. The SMILES string of the molecule is Cc1nc(C(=O)N(Cc2cccs2)C2CC2)nn1-c1ccccc1Cl. The molecule has 1 aliphatic carbocycles. The fraction of sp³-hybridized carbons (Fsp3) is 0.278. The van der Waals surface area contributed by atoms with Gasteiger partial charge in [0.1, 0.15) is 5.82 Å². The fourth-order valence-corrected chi connectivity index (χ4v) is 3.70. The number of aryl methyl sites for hydroxylation is 1. The summed E-state index contributed by atoms with van der Waals surface area (Å²) in [5.74, 6) is 0.744. The lowest BCUT2D eigenvalue weighted by Gasteiger charge is -2.20. The van der Waals surface area contributed by atoms with E-state index in [0.717, 1.165) is 18.5 Å². The fourth-order valence-electron chi connectivity index (χ4n) is 2.78. The van der Waals surface area contributed by atoms with E-state index in [4.69, 9.17) is 11.6 Å². The Morgan fingerprint density at radius 3 is 2.80 bits per heavy atom. The van der Waals surface area contributed by atoms with Crippen molar-refractivity contribution in [3.63, 3.8) is 0 Å². The summed E-state index contributed by atoms with van der Waals surface area (Å²) in [6.07, 6.45) is 2.09. The second-order valence-electron chi connectivity index (χ2n) is 6.09. The molecule has 128 valence electrons. The summed E-state index contributed by atoms with van der Waals surface area (Å²) in [4.78, 5) is 20.4. The van der Waals surface area contributed by atoms with Gasteiger partial charge in [-0.3, -0.25) is 4.79 Å². The van der Waals surface area contributed by atoms with Gasteiger partial charge in [0.2, 0.25) is 5.82 Å². The number of amides is 1. The lowest BCUT2D eigenvalue weighted by molar-refractivity contribution is 0.0719. The number of nitrogens with zero attached hydrogens (tertiary/aromatic N) is 4. The molecule has 0 radical (unpaired) electrons. The predicted molar refractivity (Wildman–Crippen MR) is 98.3 cm³/mol. The zero-order valence-corrected chi connectivity index (χ0v) is 15.3. The van der Waals surface area contributed by atoms with Gasteiger partial charge in [-0.25, -0.2) is 9.67 Å². The maximum Gasteiger partial charge on any atom is 0.294 e. The molecule has 1 aliphatic rings. The van der Waals surface area contributed by atoms with Crippen molar-refractivity contribution in [2.45, 2.75) is 32.4 Å². The van der Waals surface area contributed by atoms with Gasteiger partial charge < -0.3 is 4.90 Å². The van der Waals surface area contributed by atoms with Crippen LogP contribution in [0.4, 0.5) is 0 Å². The molecule has 5 nitrogen and oxygen atoms in total. The molecule has 1 amide bonds. The van der Waals surface area contributed by atoms with Gasteiger partial charge in [0.15, 0.2) is 0 Å². The van der Waals surface area contributed by atoms with E-state index >= 15 is 0 Å². The highest BCUT2D eigenvalue weighted by atomic mass is 35.5. The largest absolute Gasteiger partial charge is 0.328 e. The Hall–Kier alpha value is -2.18. The third-order valence-electron chi connectivity index (χ3n) is 4.20. The number of rotatable bonds is 5. The highest BCUT2D eigenvalue weighted by molar-refractivity contribution is 7.09. The summed E-state index contributed by atoms with van der Waals surface area (Å²) >= 11 is 7.91. The molecule has 1 fully saturated rings. The standard InChI is InChI=1S/C18H17ClN4OS/c1-12-20-17(21-23(12)16-7-3-2-6-15(16)19)18(24)22(13-8-9-13)11-14-5-4-10-25-14/h2-7,10,13H,8-9,11H2,1H3. The zero-order valence-electron chi connectivity index (χ0n) is 13.7. The van der Waals surface area contributed by atoms with E-state index in [0.29, 0.717) is 23.4 Å². The Kier molecular flexibility index (Phi) is 4.31. The quantitative estimate of drug-likeness (QED) is 0.677. The number of halogens is 1. The number of benzene rings is 1. The number of hydrogen-bond donors (Lipinski definition) is 0. The second-order valence-corrected chi connectivity index (χ2v) is 7.53. The number of thiophene rings is 1. The van der Waals surface area contributed by atoms with Gasteiger partial charge in [0.05, 0.1) is 17.3 Å². The summed E-state index contributed by atoms with van der Waals surface area (Å²) in [6, 6.07) is 11.8. The summed E-state index contributed by atoms with van der Waals surface area (Å²) in [5, 5.41) is 7.04. The smallest absolute Gasteiger partial charge is 0.294 e. The molecule has 0 saturated heterocycles. The van der Waals surface area contributed by atoms with Crippen molar-refractivity contribution in [1.82, 2.24) is 19.7 Å². The molecule has 0 aliphatic heterocycles. The summed E-state index contributed by atoms with van der Waals surface area (Å²) in [6.45, 7) is 2.44. The van der Waals surface area contributed by atoms with Crippen molar-refractivity contribution in [2.24, 2.45) is 0 Å². The minimum absolute atomic E-state index is 0.121. The van der Waals surface area contributed by atoms with Crippen LogP contribution < -0.4 is 0 Å². The Labute approximate surface area is 154 Å². The van der Waals surface area contributed by atoms with E-state index in [1.165, 1.54) is 4.88 Å². The van der Waals surface area contributed by atoms with Crippen LogP contribution in [0.25, 0.3) is 5.69 Å². The summed E-state index contributed by atoms with van der Waals surface area (Å²) in [5.41, 5.74) is 0.726. The number of carbonyl (C=O) groups excluding carboxylic acids is 1. The van der Waals surface area contributed by atoms with Crippen LogP contribution in [0.5, 0.6) is 0 Å².